The molecule has 4 nitrogen and oxygen atoms in total. The van der Waals surface area contributed by atoms with Crippen LogP contribution in [0.25, 0.3) is 28.1 Å². The highest BCUT2D eigenvalue weighted by atomic mass is 16.1. The van der Waals surface area contributed by atoms with Crippen LogP contribution in [0, 0.1) is 20.8 Å². The first-order chi connectivity index (χ1) is 14.5. The van der Waals surface area contributed by atoms with E-state index < -0.39 is 0 Å². The predicted molar refractivity (Wildman–Crippen MR) is 122 cm³/mol. The summed E-state index contributed by atoms with van der Waals surface area (Å²) in [6.07, 6.45) is 0. The third kappa shape index (κ3) is 2.92. The van der Waals surface area contributed by atoms with Gasteiger partial charge in [-0.3, -0.25) is 4.79 Å². The lowest BCUT2D eigenvalue weighted by Gasteiger charge is -2.13. The minimum Gasteiger partial charge on any atom is -0.305 e. The highest BCUT2D eigenvalue weighted by Crippen LogP contribution is 2.25. The van der Waals surface area contributed by atoms with Gasteiger partial charge in [-0.2, -0.15) is 0 Å². The van der Waals surface area contributed by atoms with Gasteiger partial charge < -0.3 is 4.57 Å². The van der Waals surface area contributed by atoms with Crippen LogP contribution >= 0.6 is 0 Å². The van der Waals surface area contributed by atoms with Crippen LogP contribution in [-0.2, 0) is 6.54 Å². The number of aryl methyl sites for hydroxylation is 3. The van der Waals surface area contributed by atoms with Crippen LogP contribution in [0.4, 0.5) is 0 Å². The van der Waals surface area contributed by atoms with E-state index in [1.165, 1.54) is 22.3 Å². The van der Waals surface area contributed by atoms with Gasteiger partial charge in [-0.05, 0) is 49.6 Å². The van der Waals surface area contributed by atoms with Crippen molar-refractivity contribution in [2.45, 2.75) is 27.3 Å². The third-order valence-electron chi connectivity index (χ3n) is 5.78. The number of rotatable bonds is 3. The Morgan fingerprint density at radius 2 is 1.43 bits per heavy atom. The zero-order chi connectivity index (χ0) is 20.8. The van der Waals surface area contributed by atoms with E-state index in [-0.39, 0.29) is 5.56 Å². The van der Waals surface area contributed by atoms with Crippen molar-refractivity contribution in [3.63, 3.8) is 0 Å². The predicted octanol–water partition coefficient (Wildman–Crippen LogP) is 5.29. The van der Waals surface area contributed by atoms with Crippen LogP contribution < -0.4 is 5.56 Å². The fourth-order valence-electron chi connectivity index (χ4n) is 4.40. The highest BCUT2D eigenvalue weighted by molar-refractivity contribution is 5.81. The molecule has 0 radical (unpaired) electrons. The van der Waals surface area contributed by atoms with Crippen LogP contribution in [0.3, 0.4) is 0 Å². The van der Waals surface area contributed by atoms with Gasteiger partial charge in [0.15, 0.2) is 0 Å². The summed E-state index contributed by atoms with van der Waals surface area (Å²) in [6.45, 7) is 7.09. The number of aromatic nitrogens is 3. The van der Waals surface area contributed by atoms with E-state index >= 15 is 0 Å². The lowest BCUT2D eigenvalue weighted by molar-refractivity contribution is 0.822. The Labute approximate surface area is 175 Å². The molecule has 4 heteroatoms. The van der Waals surface area contributed by atoms with Crippen molar-refractivity contribution in [3.05, 3.63) is 105 Å². The minimum atomic E-state index is -0.0637. The van der Waals surface area contributed by atoms with Gasteiger partial charge >= 0.3 is 0 Å². The molecule has 2 heterocycles. The summed E-state index contributed by atoms with van der Waals surface area (Å²) in [7, 11) is 0. The molecule has 0 unspecified atom stereocenters. The molecule has 0 fully saturated rings. The summed E-state index contributed by atoms with van der Waals surface area (Å²) < 4.78 is 3.88. The minimum absolute atomic E-state index is 0.0637. The zero-order valence-electron chi connectivity index (χ0n) is 17.4. The Bertz CT molecular complexity index is 1440. The van der Waals surface area contributed by atoms with Crippen LogP contribution in [0.5, 0.6) is 0 Å². The molecule has 3 aromatic carbocycles. The van der Waals surface area contributed by atoms with Crippen molar-refractivity contribution >= 4 is 16.8 Å². The Kier molecular flexibility index (Phi) is 4.28. The molecule has 5 rings (SSSR count). The fraction of sp³-hybridized carbons (Fsp3) is 0.154. The summed E-state index contributed by atoms with van der Waals surface area (Å²) in [5.41, 5.74) is 8.50. The van der Waals surface area contributed by atoms with Crippen molar-refractivity contribution in [3.8, 4) is 11.3 Å². The molecule has 0 N–H and O–H groups in total. The number of para-hydroxylation sites is 2. The monoisotopic (exact) mass is 393 g/mol. The van der Waals surface area contributed by atoms with E-state index in [0.717, 1.165) is 16.6 Å². The highest BCUT2D eigenvalue weighted by Gasteiger charge is 2.16. The van der Waals surface area contributed by atoms with E-state index in [2.05, 4.69) is 43.5 Å². The van der Waals surface area contributed by atoms with Gasteiger partial charge in [0.05, 0.1) is 23.3 Å². The summed E-state index contributed by atoms with van der Waals surface area (Å²) in [5, 5.41) is 0. The largest absolute Gasteiger partial charge is 0.305 e. The molecule has 0 amide bonds. The Morgan fingerprint density at radius 3 is 2.13 bits per heavy atom. The maximum Gasteiger partial charge on any atom is 0.260 e. The van der Waals surface area contributed by atoms with Gasteiger partial charge in [-0.15, -0.1) is 0 Å². The zero-order valence-corrected chi connectivity index (χ0v) is 17.4. The lowest BCUT2D eigenvalue weighted by atomic mass is 10.00. The molecule has 0 atom stereocenters. The first-order valence-corrected chi connectivity index (χ1v) is 10.2. The average Bonchev–Trinajstić information content (AvgIpc) is 3.05. The second kappa shape index (κ2) is 6.99. The smallest absolute Gasteiger partial charge is 0.260 e. The maximum atomic E-state index is 13.1. The van der Waals surface area contributed by atoms with Crippen molar-refractivity contribution in [2.75, 3.05) is 0 Å². The molecule has 148 valence electrons. The van der Waals surface area contributed by atoms with Gasteiger partial charge in [-0.25, -0.2) is 9.38 Å². The molecule has 0 saturated carbocycles. The lowest BCUT2D eigenvalue weighted by Crippen LogP contribution is -2.15. The van der Waals surface area contributed by atoms with E-state index in [4.69, 9.17) is 4.98 Å². The Balaban J connectivity index is 1.82. The molecule has 30 heavy (non-hydrogen) atoms. The molecular weight excluding hydrogens is 370 g/mol. The van der Waals surface area contributed by atoms with Gasteiger partial charge in [0, 0.05) is 11.6 Å². The molecule has 0 spiro atoms. The number of nitrogens with zero attached hydrogens (tertiary/aromatic N) is 3. The quantitative estimate of drug-likeness (QED) is 0.418. The van der Waals surface area contributed by atoms with Crippen LogP contribution in [0.2, 0.25) is 0 Å². The number of hydrogen-bond acceptors (Lipinski definition) is 2. The first kappa shape index (κ1) is 18.4. The third-order valence-corrected chi connectivity index (χ3v) is 5.78. The summed E-state index contributed by atoms with van der Waals surface area (Å²) in [4.78, 5) is 18.1. The Hall–Kier alpha value is -3.66. The number of hydrogen-bond donors (Lipinski definition) is 0. The molecule has 0 aliphatic carbocycles. The van der Waals surface area contributed by atoms with E-state index in [0.29, 0.717) is 18.0 Å². The van der Waals surface area contributed by atoms with Gasteiger partial charge in [-0.1, -0.05) is 60.2 Å². The van der Waals surface area contributed by atoms with Crippen LogP contribution in [0.15, 0.2) is 77.6 Å². The van der Waals surface area contributed by atoms with Crippen molar-refractivity contribution in [1.29, 1.82) is 0 Å². The van der Waals surface area contributed by atoms with Gasteiger partial charge in [0.1, 0.15) is 0 Å². The summed E-state index contributed by atoms with van der Waals surface area (Å²) in [5.74, 6) is 0.668. The average molecular weight is 393 g/mol. The Morgan fingerprint density at radius 1 is 0.800 bits per heavy atom. The van der Waals surface area contributed by atoms with Crippen molar-refractivity contribution < 1.29 is 0 Å². The summed E-state index contributed by atoms with van der Waals surface area (Å²) >= 11 is 0. The molecule has 0 aliphatic heterocycles. The van der Waals surface area contributed by atoms with Gasteiger partial charge in [0.2, 0.25) is 5.78 Å². The summed E-state index contributed by atoms with van der Waals surface area (Å²) in [6, 6.07) is 23.9. The number of benzene rings is 3. The van der Waals surface area contributed by atoms with E-state index in [9.17, 15) is 4.79 Å². The second-order valence-corrected chi connectivity index (χ2v) is 7.93. The fourth-order valence-corrected chi connectivity index (χ4v) is 4.40. The maximum absolute atomic E-state index is 13.1. The normalized spacial score (nSPS) is 11.4. The molecule has 0 saturated heterocycles. The topological polar surface area (TPSA) is 39.3 Å². The molecule has 5 aromatic rings. The van der Waals surface area contributed by atoms with Crippen molar-refractivity contribution in [2.24, 2.45) is 0 Å². The van der Waals surface area contributed by atoms with Crippen LogP contribution in [0.1, 0.15) is 22.3 Å². The SMILES string of the molecule is Cc1cc(C)c(Cn2c3ccccc3n3c(=O)cc(-c4ccccc4)nc23)c(C)c1. The molecule has 0 bridgehead atoms. The van der Waals surface area contributed by atoms with E-state index in [1.807, 2.05) is 48.5 Å². The van der Waals surface area contributed by atoms with Crippen molar-refractivity contribution in [1.82, 2.24) is 14.0 Å². The van der Waals surface area contributed by atoms with Gasteiger partial charge in [0.25, 0.3) is 5.56 Å². The molecule has 2 aromatic heterocycles. The number of fused-ring (bicyclic) bond motifs is 3. The van der Waals surface area contributed by atoms with Crippen LogP contribution in [-0.4, -0.2) is 14.0 Å². The first-order valence-electron chi connectivity index (χ1n) is 10.2. The van der Waals surface area contributed by atoms with E-state index in [1.54, 1.807) is 10.5 Å². The standard InChI is InChI=1S/C26H23N3O/c1-17-13-18(2)21(19(3)14-17)16-28-23-11-7-8-12-24(23)29-25(30)15-22(27-26(28)29)20-9-5-4-6-10-20/h4-15H,16H2,1-3H3. The number of imidazole rings is 1. The molecular formula is C26H23N3O. The second-order valence-electron chi connectivity index (χ2n) is 7.93. The molecule has 0 aliphatic rings.